The SMILES string of the molecule is Cc1ccc(-c2nnc(CC[O])o2)c(C)c1. The molecule has 0 unspecified atom stereocenters. The van der Waals surface area contributed by atoms with Crippen LogP contribution in [0, 0.1) is 13.8 Å². The predicted molar refractivity (Wildman–Crippen MR) is 58.5 cm³/mol. The van der Waals surface area contributed by atoms with Crippen LogP contribution >= 0.6 is 0 Å². The zero-order valence-electron chi connectivity index (χ0n) is 9.36. The Balaban J connectivity index is 2.35. The zero-order chi connectivity index (χ0) is 11.5. The van der Waals surface area contributed by atoms with Crippen LogP contribution in [0.5, 0.6) is 0 Å². The fraction of sp³-hybridized carbons (Fsp3) is 0.333. The average Bonchev–Trinajstić information content (AvgIpc) is 2.67. The second-order valence-corrected chi connectivity index (χ2v) is 3.77. The van der Waals surface area contributed by atoms with Crippen LogP contribution in [-0.2, 0) is 11.5 Å². The Morgan fingerprint density at radius 1 is 1.25 bits per heavy atom. The molecule has 0 bridgehead atoms. The quantitative estimate of drug-likeness (QED) is 0.792. The van der Waals surface area contributed by atoms with Gasteiger partial charge >= 0.3 is 0 Å². The Morgan fingerprint density at radius 2 is 2.06 bits per heavy atom. The highest BCUT2D eigenvalue weighted by Gasteiger charge is 2.10. The summed E-state index contributed by atoms with van der Waals surface area (Å²) in [6, 6.07) is 6.02. The number of nitrogens with zero attached hydrogens (tertiary/aromatic N) is 2. The molecule has 83 valence electrons. The van der Waals surface area contributed by atoms with Gasteiger partial charge in [0.15, 0.2) is 0 Å². The minimum absolute atomic E-state index is 0.228. The predicted octanol–water partition coefficient (Wildman–Crippen LogP) is 2.33. The van der Waals surface area contributed by atoms with E-state index in [0.717, 1.165) is 11.1 Å². The van der Waals surface area contributed by atoms with Crippen molar-refractivity contribution in [2.24, 2.45) is 0 Å². The lowest BCUT2D eigenvalue weighted by Crippen LogP contribution is -1.88. The first-order valence-electron chi connectivity index (χ1n) is 5.19. The molecular formula is C12H13N2O2. The van der Waals surface area contributed by atoms with Crippen molar-refractivity contribution in [3.05, 3.63) is 35.2 Å². The van der Waals surface area contributed by atoms with Gasteiger partial charge in [0.05, 0.1) is 13.0 Å². The summed E-state index contributed by atoms with van der Waals surface area (Å²) in [6.45, 7) is 3.81. The van der Waals surface area contributed by atoms with Crippen molar-refractivity contribution in [1.82, 2.24) is 10.2 Å². The number of hydrogen-bond acceptors (Lipinski definition) is 3. The van der Waals surface area contributed by atoms with Gasteiger partial charge in [0.25, 0.3) is 0 Å². The van der Waals surface area contributed by atoms with E-state index in [1.807, 2.05) is 26.0 Å². The van der Waals surface area contributed by atoms with Gasteiger partial charge < -0.3 is 4.42 Å². The summed E-state index contributed by atoms with van der Waals surface area (Å²) in [5, 5.41) is 18.2. The van der Waals surface area contributed by atoms with Crippen molar-refractivity contribution < 1.29 is 9.52 Å². The molecule has 0 aliphatic heterocycles. The largest absolute Gasteiger partial charge is 0.421 e. The number of benzene rings is 1. The molecule has 1 aromatic carbocycles. The molecule has 0 spiro atoms. The molecule has 0 N–H and O–H groups in total. The van der Waals surface area contributed by atoms with E-state index in [-0.39, 0.29) is 13.0 Å². The van der Waals surface area contributed by atoms with Gasteiger partial charge in [-0.2, -0.15) is 0 Å². The van der Waals surface area contributed by atoms with Gasteiger partial charge in [-0.05, 0) is 25.5 Å². The van der Waals surface area contributed by atoms with Crippen LogP contribution in [0.15, 0.2) is 22.6 Å². The highest BCUT2D eigenvalue weighted by molar-refractivity contribution is 5.58. The summed E-state index contributed by atoms with van der Waals surface area (Å²) in [7, 11) is 0. The van der Waals surface area contributed by atoms with E-state index < -0.39 is 0 Å². The van der Waals surface area contributed by atoms with E-state index in [4.69, 9.17) is 4.42 Å². The lowest BCUT2D eigenvalue weighted by molar-refractivity contribution is 0.189. The van der Waals surface area contributed by atoms with Crippen molar-refractivity contribution in [2.45, 2.75) is 20.3 Å². The molecule has 0 fully saturated rings. The molecule has 16 heavy (non-hydrogen) atoms. The summed E-state index contributed by atoms with van der Waals surface area (Å²) < 4.78 is 5.41. The second-order valence-electron chi connectivity index (χ2n) is 3.77. The highest BCUT2D eigenvalue weighted by Crippen LogP contribution is 2.22. The molecular weight excluding hydrogens is 204 g/mol. The van der Waals surface area contributed by atoms with Crippen LogP contribution in [-0.4, -0.2) is 16.8 Å². The Bertz CT molecular complexity index is 492. The molecule has 0 saturated carbocycles. The third-order valence-corrected chi connectivity index (χ3v) is 2.40. The molecule has 0 saturated heterocycles. The first-order chi connectivity index (χ1) is 7.70. The van der Waals surface area contributed by atoms with Gasteiger partial charge in [-0.15, -0.1) is 10.2 Å². The third-order valence-electron chi connectivity index (χ3n) is 2.40. The summed E-state index contributed by atoms with van der Waals surface area (Å²) in [5.41, 5.74) is 3.22. The minimum Gasteiger partial charge on any atom is -0.421 e. The fourth-order valence-corrected chi connectivity index (χ4v) is 1.60. The van der Waals surface area contributed by atoms with Crippen molar-refractivity contribution in [3.8, 4) is 11.5 Å². The van der Waals surface area contributed by atoms with Crippen LogP contribution < -0.4 is 0 Å². The van der Waals surface area contributed by atoms with Gasteiger partial charge in [0.1, 0.15) is 0 Å². The highest BCUT2D eigenvalue weighted by atomic mass is 16.4. The van der Waals surface area contributed by atoms with E-state index in [0.29, 0.717) is 11.8 Å². The topological polar surface area (TPSA) is 58.8 Å². The van der Waals surface area contributed by atoms with E-state index >= 15 is 0 Å². The maximum atomic E-state index is 10.4. The molecule has 0 atom stereocenters. The Morgan fingerprint density at radius 3 is 2.75 bits per heavy atom. The maximum Gasteiger partial charge on any atom is 0.248 e. The van der Waals surface area contributed by atoms with Crippen LogP contribution in [0.1, 0.15) is 17.0 Å². The van der Waals surface area contributed by atoms with E-state index in [2.05, 4.69) is 16.3 Å². The van der Waals surface area contributed by atoms with Gasteiger partial charge in [0, 0.05) is 5.56 Å². The molecule has 1 aromatic heterocycles. The maximum absolute atomic E-state index is 10.4. The number of rotatable bonds is 3. The molecule has 2 aromatic rings. The number of hydrogen-bond donors (Lipinski definition) is 0. The number of aromatic nitrogens is 2. The zero-order valence-corrected chi connectivity index (χ0v) is 9.36. The lowest BCUT2D eigenvalue weighted by atomic mass is 10.1. The Kier molecular flexibility index (Phi) is 3.01. The molecule has 1 heterocycles. The number of aryl methyl sites for hydroxylation is 2. The van der Waals surface area contributed by atoms with Crippen LogP contribution in [0.3, 0.4) is 0 Å². The summed E-state index contributed by atoms with van der Waals surface area (Å²) >= 11 is 0. The van der Waals surface area contributed by atoms with E-state index in [9.17, 15) is 5.11 Å². The monoisotopic (exact) mass is 217 g/mol. The van der Waals surface area contributed by atoms with Crippen molar-refractivity contribution in [1.29, 1.82) is 0 Å². The first kappa shape index (κ1) is 10.8. The third kappa shape index (κ3) is 2.12. The van der Waals surface area contributed by atoms with Crippen molar-refractivity contribution in [3.63, 3.8) is 0 Å². The first-order valence-corrected chi connectivity index (χ1v) is 5.19. The van der Waals surface area contributed by atoms with Crippen LogP contribution in [0.2, 0.25) is 0 Å². The van der Waals surface area contributed by atoms with Crippen LogP contribution in [0.4, 0.5) is 0 Å². The molecule has 4 heteroatoms. The fourth-order valence-electron chi connectivity index (χ4n) is 1.60. The molecule has 0 aliphatic carbocycles. The van der Waals surface area contributed by atoms with Gasteiger partial charge in [-0.25, -0.2) is 5.11 Å². The van der Waals surface area contributed by atoms with Crippen molar-refractivity contribution >= 4 is 0 Å². The Labute approximate surface area is 93.9 Å². The molecule has 4 nitrogen and oxygen atoms in total. The molecule has 1 radical (unpaired) electrons. The van der Waals surface area contributed by atoms with Crippen LogP contribution in [0.25, 0.3) is 11.5 Å². The summed E-state index contributed by atoms with van der Waals surface area (Å²) in [6.07, 6.45) is 0.290. The molecule has 0 amide bonds. The van der Waals surface area contributed by atoms with E-state index in [1.54, 1.807) is 0 Å². The standard InChI is InChI=1S/C12H13N2O2/c1-8-3-4-10(9(2)7-8)12-14-13-11(16-12)5-6-15/h3-4,7H,5-6H2,1-2H3. The smallest absolute Gasteiger partial charge is 0.248 e. The normalized spacial score (nSPS) is 10.7. The summed E-state index contributed by atoms with van der Waals surface area (Å²) in [5.74, 6) is 0.894. The minimum atomic E-state index is -0.228. The molecule has 2 rings (SSSR count). The van der Waals surface area contributed by atoms with Gasteiger partial charge in [-0.1, -0.05) is 17.7 Å². The van der Waals surface area contributed by atoms with Crippen molar-refractivity contribution in [2.75, 3.05) is 6.61 Å². The Hall–Kier alpha value is -1.68. The summed E-state index contributed by atoms with van der Waals surface area (Å²) in [4.78, 5) is 0. The van der Waals surface area contributed by atoms with Gasteiger partial charge in [0.2, 0.25) is 11.8 Å². The second kappa shape index (κ2) is 4.45. The van der Waals surface area contributed by atoms with Gasteiger partial charge in [-0.3, -0.25) is 0 Å². The average molecular weight is 217 g/mol. The molecule has 0 aliphatic rings. The van der Waals surface area contributed by atoms with E-state index in [1.165, 1.54) is 5.56 Å². The lowest BCUT2D eigenvalue weighted by Gasteiger charge is -2.01.